The number of anilines is 2. The van der Waals surface area contributed by atoms with Crippen LogP contribution in [0.5, 0.6) is 0 Å². The molecule has 0 aliphatic rings. The van der Waals surface area contributed by atoms with Crippen LogP contribution >= 0.6 is 11.8 Å². The number of aromatic amines is 1. The lowest BCUT2D eigenvalue weighted by molar-refractivity contribution is 0.0527. The van der Waals surface area contributed by atoms with Crippen molar-refractivity contribution in [1.82, 2.24) is 10.2 Å². The highest BCUT2D eigenvalue weighted by Gasteiger charge is 2.19. The lowest BCUT2D eigenvalue weighted by atomic mass is 10.2. The average Bonchev–Trinajstić information content (AvgIpc) is 2.80. The van der Waals surface area contributed by atoms with E-state index in [9.17, 15) is 4.79 Å². The van der Waals surface area contributed by atoms with E-state index in [0.29, 0.717) is 23.7 Å². The quantitative estimate of drug-likeness (QED) is 0.653. The molecule has 0 aliphatic heterocycles. The van der Waals surface area contributed by atoms with Gasteiger partial charge < -0.3 is 10.1 Å². The minimum Gasteiger partial charge on any atom is -0.462 e. The fraction of sp³-hybridized carbons (Fsp3) is 0.286. The summed E-state index contributed by atoms with van der Waals surface area (Å²) in [5.74, 6) is 0.116. The number of nitrogens with one attached hydrogen (secondary N) is 2. The summed E-state index contributed by atoms with van der Waals surface area (Å²) >= 11 is 1.63. The predicted molar refractivity (Wildman–Crippen MR) is 80.8 cm³/mol. The molecule has 1 heterocycles. The van der Waals surface area contributed by atoms with Crippen LogP contribution in [0.15, 0.2) is 29.2 Å². The molecule has 0 saturated heterocycles. The average molecular weight is 291 g/mol. The predicted octanol–water partition coefficient (Wildman–Crippen LogP) is 3.36. The standard InChI is InChI=1S/C14H17N3O2S/c1-4-19-14(18)12-9(2)16-17-13(12)15-10-7-5-6-8-11(10)20-3/h5-8H,4H2,1-3H3,(H2,15,16,17). The number of rotatable bonds is 5. The van der Waals surface area contributed by atoms with Crippen molar-refractivity contribution in [3.63, 3.8) is 0 Å². The second kappa shape index (κ2) is 6.47. The number of benzene rings is 1. The van der Waals surface area contributed by atoms with Gasteiger partial charge in [0.1, 0.15) is 5.56 Å². The molecule has 2 N–H and O–H groups in total. The highest BCUT2D eigenvalue weighted by atomic mass is 32.2. The molecule has 2 rings (SSSR count). The van der Waals surface area contributed by atoms with Crippen molar-refractivity contribution in [2.45, 2.75) is 18.7 Å². The monoisotopic (exact) mass is 291 g/mol. The van der Waals surface area contributed by atoms with E-state index in [4.69, 9.17) is 4.74 Å². The normalized spacial score (nSPS) is 10.3. The Bertz CT molecular complexity index is 610. The van der Waals surface area contributed by atoms with Gasteiger partial charge in [0.15, 0.2) is 5.82 Å². The van der Waals surface area contributed by atoms with Crippen LogP contribution in [0.2, 0.25) is 0 Å². The number of ether oxygens (including phenoxy) is 1. The number of carbonyl (C=O) groups is 1. The Labute approximate surface area is 122 Å². The summed E-state index contributed by atoms with van der Waals surface area (Å²) in [5, 5.41) is 10.1. The molecule has 6 heteroatoms. The largest absolute Gasteiger partial charge is 0.462 e. The Morgan fingerprint density at radius 2 is 2.20 bits per heavy atom. The number of aryl methyl sites for hydroxylation is 1. The molecule has 0 spiro atoms. The van der Waals surface area contributed by atoms with Gasteiger partial charge in [-0.3, -0.25) is 5.10 Å². The fourth-order valence-corrected chi connectivity index (χ4v) is 2.40. The van der Waals surface area contributed by atoms with Crippen molar-refractivity contribution in [2.75, 3.05) is 18.2 Å². The number of hydrogen-bond donors (Lipinski definition) is 2. The van der Waals surface area contributed by atoms with Crippen molar-refractivity contribution < 1.29 is 9.53 Å². The first-order valence-corrected chi connectivity index (χ1v) is 7.52. The first kappa shape index (κ1) is 14.5. The van der Waals surface area contributed by atoms with Gasteiger partial charge in [0, 0.05) is 10.6 Å². The molecule has 2 aromatic rings. The highest BCUT2D eigenvalue weighted by Crippen LogP contribution is 2.29. The molecule has 5 nitrogen and oxygen atoms in total. The number of hydrogen-bond acceptors (Lipinski definition) is 5. The Morgan fingerprint density at radius 3 is 2.90 bits per heavy atom. The van der Waals surface area contributed by atoms with Crippen molar-refractivity contribution in [3.05, 3.63) is 35.5 Å². The zero-order valence-electron chi connectivity index (χ0n) is 11.7. The number of esters is 1. The molecule has 0 atom stereocenters. The van der Waals surface area contributed by atoms with Gasteiger partial charge >= 0.3 is 5.97 Å². The number of carbonyl (C=O) groups excluding carboxylic acids is 1. The molecular formula is C14H17N3O2S. The lowest BCUT2D eigenvalue weighted by Gasteiger charge is -2.09. The van der Waals surface area contributed by atoms with Crippen LogP contribution in [0.1, 0.15) is 23.0 Å². The SMILES string of the molecule is CCOC(=O)c1c(Nc2ccccc2SC)n[nH]c1C. The minimum absolute atomic E-state index is 0.338. The van der Waals surface area contributed by atoms with Gasteiger partial charge in [-0.25, -0.2) is 4.79 Å². The van der Waals surface area contributed by atoms with Crippen molar-refractivity contribution in [2.24, 2.45) is 0 Å². The third kappa shape index (κ3) is 2.96. The Hall–Kier alpha value is -1.95. The lowest BCUT2D eigenvalue weighted by Crippen LogP contribution is -2.08. The van der Waals surface area contributed by atoms with E-state index < -0.39 is 0 Å². The minimum atomic E-state index is -0.372. The smallest absolute Gasteiger partial charge is 0.343 e. The van der Waals surface area contributed by atoms with Crippen LogP contribution in [0.3, 0.4) is 0 Å². The number of para-hydroxylation sites is 1. The molecule has 0 radical (unpaired) electrons. The molecule has 0 aliphatic carbocycles. The van der Waals surface area contributed by atoms with Gasteiger partial charge in [0.25, 0.3) is 0 Å². The summed E-state index contributed by atoms with van der Waals surface area (Å²) in [6.07, 6.45) is 2.00. The summed E-state index contributed by atoms with van der Waals surface area (Å²) in [5.41, 5.74) is 2.05. The summed E-state index contributed by atoms with van der Waals surface area (Å²) in [6.45, 7) is 3.92. The van der Waals surface area contributed by atoms with E-state index in [1.165, 1.54) is 0 Å². The number of aromatic nitrogens is 2. The molecular weight excluding hydrogens is 274 g/mol. The molecule has 0 bridgehead atoms. The van der Waals surface area contributed by atoms with Crippen molar-refractivity contribution in [3.8, 4) is 0 Å². The van der Waals surface area contributed by atoms with E-state index in [-0.39, 0.29) is 5.97 Å². The van der Waals surface area contributed by atoms with E-state index in [2.05, 4.69) is 15.5 Å². The zero-order chi connectivity index (χ0) is 14.5. The maximum absolute atomic E-state index is 12.0. The molecule has 0 saturated carbocycles. The molecule has 0 unspecified atom stereocenters. The van der Waals surface area contributed by atoms with Crippen LogP contribution in [0.25, 0.3) is 0 Å². The van der Waals surface area contributed by atoms with Crippen LogP contribution in [0.4, 0.5) is 11.5 Å². The van der Waals surface area contributed by atoms with Crippen molar-refractivity contribution >= 4 is 29.2 Å². The zero-order valence-corrected chi connectivity index (χ0v) is 12.5. The van der Waals surface area contributed by atoms with Crippen LogP contribution < -0.4 is 5.32 Å². The first-order valence-electron chi connectivity index (χ1n) is 6.29. The Balaban J connectivity index is 2.32. The van der Waals surface area contributed by atoms with Gasteiger partial charge in [-0.2, -0.15) is 5.10 Å². The Morgan fingerprint density at radius 1 is 1.45 bits per heavy atom. The van der Waals surface area contributed by atoms with Gasteiger partial charge in [0.05, 0.1) is 12.3 Å². The maximum atomic E-state index is 12.0. The summed E-state index contributed by atoms with van der Waals surface area (Å²) in [7, 11) is 0. The highest BCUT2D eigenvalue weighted by molar-refractivity contribution is 7.98. The second-order valence-electron chi connectivity index (χ2n) is 4.12. The second-order valence-corrected chi connectivity index (χ2v) is 4.97. The van der Waals surface area contributed by atoms with Crippen molar-refractivity contribution in [1.29, 1.82) is 0 Å². The van der Waals surface area contributed by atoms with Gasteiger partial charge in [-0.15, -0.1) is 11.8 Å². The molecule has 106 valence electrons. The third-order valence-corrected chi connectivity index (χ3v) is 3.58. The molecule has 1 aromatic heterocycles. The molecule has 20 heavy (non-hydrogen) atoms. The van der Waals surface area contributed by atoms with E-state index >= 15 is 0 Å². The topological polar surface area (TPSA) is 67.0 Å². The maximum Gasteiger partial charge on any atom is 0.343 e. The Kier molecular flexibility index (Phi) is 4.68. The van der Waals surface area contributed by atoms with Gasteiger partial charge in [-0.05, 0) is 32.2 Å². The summed E-state index contributed by atoms with van der Waals surface area (Å²) in [6, 6.07) is 7.87. The van der Waals surface area contributed by atoms with Gasteiger partial charge in [-0.1, -0.05) is 12.1 Å². The summed E-state index contributed by atoms with van der Waals surface area (Å²) < 4.78 is 5.06. The van der Waals surface area contributed by atoms with E-state index in [1.54, 1.807) is 25.6 Å². The molecule has 0 fully saturated rings. The van der Waals surface area contributed by atoms with Gasteiger partial charge in [0.2, 0.25) is 0 Å². The fourth-order valence-electron chi connectivity index (χ4n) is 1.85. The molecule has 1 aromatic carbocycles. The first-order chi connectivity index (χ1) is 9.67. The number of nitrogens with zero attached hydrogens (tertiary/aromatic N) is 1. The van der Waals surface area contributed by atoms with Crippen LogP contribution in [-0.4, -0.2) is 29.0 Å². The van der Waals surface area contributed by atoms with Crippen LogP contribution in [0, 0.1) is 6.92 Å². The van der Waals surface area contributed by atoms with Crippen LogP contribution in [-0.2, 0) is 4.74 Å². The van der Waals surface area contributed by atoms with E-state index in [1.807, 2.05) is 30.5 Å². The number of thioether (sulfide) groups is 1. The van der Waals surface area contributed by atoms with E-state index in [0.717, 1.165) is 10.6 Å². The summed E-state index contributed by atoms with van der Waals surface area (Å²) in [4.78, 5) is 13.1. The number of H-pyrrole nitrogens is 1. The molecule has 0 amide bonds. The third-order valence-electron chi connectivity index (χ3n) is 2.79.